The van der Waals surface area contributed by atoms with Crippen molar-refractivity contribution in [1.82, 2.24) is 0 Å². The third-order valence-electron chi connectivity index (χ3n) is 14.0. The zero-order valence-electron chi connectivity index (χ0n) is 50.4. The van der Waals surface area contributed by atoms with Crippen LogP contribution >= 0.6 is 21.9 Å². The molecule has 15 atom stereocenters. The van der Waals surface area contributed by atoms with Gasteiger partial charge in [0.1, 0.15) is 43.7 Å². The zero-order chi connectivity index (χ0) is 57.3. The molecule has 3 aliphatic rings. The molecule has 16 nitrogen and oxygen atoms in total. The van der Waals surface area contributed by atoms with E-state index in [1.807, 2.05) is 104 Å². The summed E-state index contributed by atoms with van der Waals surface area (Å²) in [4.78, 5) is 11.0. The van der Waals surface area contributed by atoms with E-state index in [0.717, 1.165) is 23.0 Å². The molecule has 0 amide bonds. The number of carbonyl (C=O) groups excluding carboxylic acids is 1. The quantitative estimate of drug-likeness (QED) is 0.0570. The number of hydrogen-bond donors (Lipinski definition) is 1. The van der Waals surface area contributed by atoms with Crippen LogP contribution in [-0.2, 0) is 90.0 Å². The molecule has 6 rings (SSSR count). The van der Waals surface area contributed by atoms with E-state index in [1.165, 1.54) is 0 Å². The molecule has 1 N–H and O–H groups in total. The Balaban J connectivity index is 0.000000533. The first kappa shape index (κ1) is 72.4. The van der Waals surface area contributed by atoms with Crippen LogP contribution in [-0.4, -0.2) is 141 Å². The van der Waals surface area contributed by atoms with Crippen molar-refractivity contribution >= 4 is 28.2 Å². The summed E-state index contributed by atoms with van der Waals surface area (Å²) in [7, 11) is -2.85. The van der Waals surface area contributed by atoms with E-state index >= 15 is 0 Å². The third-order valence-corrected chi connectivity index (χ3v) is 20.3. The molecule has 20 heteroatoms. The van der Waals surface area contributed by atoms with Gasteiger partial charge in [-0.25, -0.2) is 0 Å². The summed E-state index contributed by atoms with van der Waals surface area (Å²) in [6.07, 6.45) is 0.245. The number of ether oxygens (including phenoxy) is 9. The second-order valence-electron chi connectivity index (χ2n) is 20.9. The summed E-state index contributed by atoms with van der Waals surface area (Å²) in [6.45, 7) is 24.9. The van der Waals surface area contributed by atoms with Crippen LogP contribution in [0.25, 0.3) is 0 Å². The number of carbonyl (C=O) groups is 1. The van der Waals surface area contributed by atoms with Gasteiger partial charge >= 0.3 is 37.2 Å². The maximum absolute atomic E-state index is 11.9. The molecule has 0 saturated carbocycles. The average Bonchev–Trinajstić information content (AvgIpc) is 3.40. The maximum atomic E-state index is 11.9. The minimum atomic E-state index is -3.10. The number of methoxy groups -OCH3 is 3. The summed E-state index contributed by atoms with van der Waals surface area (Å²) in [6, 6.07) is 30.1. The predicted octanol–water partition coefficient (Wildman–Crippen LogP) is 8.92. The number of rotatable bonds is 22. The summed E-state index contributed by atoms with van der Waals surface area (Å²) in [5, 5.41) is 9.37. The van der Waals surface area contributed by atoms with Gasteiger partial charge in [-0.2, -0.15) is 0 Å². The number of aliphatic hydroxyl groups is 1. The van der Waals surface area contributed by atoms with Gasteiger partial charge in [-0.05, 0) is 98.5 Å². The Morgan fingerprint density at radius 2 is 0.885 bits per heavy atom. The van der Waals surface area contributed by atoms with Gasteiger partial charge in [0.05, 0.1) is 59.0 Å². The second-order valence-corrected chi connectivity index (χ2v) is 30.1. The zero-order valence-corrected chi connectivity index (χ0v) is 54.1. The fourth-order valence-electron chi connectivity index (χ4n) is 9.03. The van der Waals surface area contributed by atoms with Crippen molar-refractivity contribution in [1.29, 1.82) is 0 Å². The minimum absolute atomic E-state index is 0. The van der Waals surface area contributed by atoms with E-state index < -0.39 is 46.9 Å². The van der Waals surface area contributed by atoms with Crippen LogP contribution in [0.2, 0.25) is 0 Å². The van der Waals surface area contributed by atoms with Gasteiger partial charge in [0.25, 0.3) is 0 Å². The van der Waals surface area contributed by atoms with E-state index in [2.05, 4.69) is 34.6 Å². The molecular formula is C58H94NaO16P3. The van der Waals surface area contributed by atoms with Gasteiger partial charge in [0.2, 0.25) is 0 Å². The summed E-state index contributed by atoms with van der Waals surface area (Å²) < 4.78 is 97.0. The third kappa shape index (κ3) is 24.6. The maximum Gasteiger partial charge on any atom is 1.00 e. The second kappa shape index (κ2) is 36.8. The van der Waals surface area contributed by atoms with Crippen LogP contribution in [0.15, 0.2) is 103 Å². The Bertz CT molecular complexity index is 2250. The van der Waals surface area contributed by atoms with E-state index in [4.69, 9.17) is 51.7 Å². The van der Waals surface area contributed by atoms with Gasteiger partial charge in [-0.15, -0.1) is 0 Å². The molecule has 3 aromatic rings. The Morgan fingerprint density at radius 3 is 1.21 bits per heavy atom. The van der Waals surface area contributed by atoms with Crippen LogP contribution in [0, 0.1) is 35.5 Å². The smallest absolute Gasteiger partial charge is 1.00 e. The molecule has 3 aromatic carbocycles. The SMILES string of the molecule is CCOP(=O)(CP(C)(C)=O)OCC.COC1OC(/C=C/P(C)(C)=O)C(C)C(C)C1OCc1ccccc1.COC1OC(C=O)C(C)C(C)C1OCc1ccccc1.COC1OC(CO)C(C)C(C)C1OCc1ccccc1.[H-].[Na+]. The molecule has 0 radical (unpaired) electrons. The van der Waals surface area contributed by atoms with Crippen molar-refractivity contribution < 1.29 is 106 Å². The number of hydrogen-bond acceptors (Lipinski definition) is 16. The molecule has 0 spiro atoms. The number of benzene rings is 3. The molecule has 3 saturated heterocycles. The Morgan fingerprint density at radius 1 is 0.538 bits per heavy atom. The largest absolute Gasteiger partial charge is 1.00 e. The van der Waals surface area contributed by atoms with Crippen LogP contribution in [0.3, 0.4) is 0 Å². The fourth-order valence-corrected chi connectivity index (χ4v) is 14.5. The molecule has 0 aliphatic carbocycles. The molecule has 438 valence electrons. The molecule has 3 heterocycles. The fraction of sp³-hybridized carbons (Fsp3) is 0.638. The summed E-state index contributed by atoms with van der Waals surface area (Å²) in [5.41, 5.74) is 3.37. The van der Waals surface area contributed by atoms with E-state index in [0.29, 0.717) is 33.0 Å². The van der Waals surface area contributed by atoms with Gasteiger partial charge in [0.15, 0.2) is 18.9 Å². The molecule has 15 unspecified atom stereocenters. The Labute approximate surface area is 491 Å². The van der Waals surface area contributed by atoms with E-state index in [-0.39, 0.29) is 110 Å². The molecule has 0 aromatic heterocycles. The van der Waals surface area contributed by atoms with Gasteiger partial charge in [0, 0.05) is 21.3 Å². The average molecular weight is 1160 g/mol. The van der Waals surface area contributed by atoms with Crippen molar-refractivity contribution in [2.24, 2.45) is 35.5 Å². The molecular weight excluding hydrogens is 1070 g/mol. The number of aliphatic hydroxyl groups excluding tert-OH is 1. The van der Waals surface area contributed by atoms with Gasteiger partial charge in [-0.1, -0.05) is 139 Å². The first-order chi connectivity index (χ1) is 36.5. The Kier molecular flexibility index (Phi) is 34.1. The van der Waals surface area contributed by atoms with E-state index in [1.54, 1.807) is 67.7 Å². The molecule has 3 aliphatic heterocycles. The van der Waals surface area contributed by atoms with Crippen molar-refractivity contribution in [3.8, 4) is 0 Å². The summed E-state index contributed by atoms with van der Waals surface area (Å²) >= 11 is 0. The first-order valence-corrected chi connectivity index (χ1v) is 33.9. The number of aldehydes is 1. The monoisotopic (exact) mass is 1160 g/mol. The van der Waals surface area contributed by atoms with Crippen LogP contribution in [0.1, 0.15) is 73.5 Å². The van der Waals surface area contributed by atoms with Crippen LogP contribution in [0.5, 0.6) is 0 Å². The van der Waals surface area contributed by atoms with Crippen molar-refractivity contribution in [2.75, 3.05) is 73.7 Å². The minimum Gasteiger partial charge on any atom is -1.00 e. The van der Waals surface area contributed by atoms with Crippen LogP contribution < -0.4 is 29.6 Å². The Hall–Kier alpha value is -1.72. The predicted molar refractivity (Wildman–Crippen MR) is 305 cm³/mol. The molecule has 0 bridgehead atoms. The van der Waals surface area contributed by atoms with Gasteiger partial charge in [-0.3, -0.25) is 4.57 Å². The molecule has 78 heavy (non-hydrogen) atoms. The first-order valence-electron chi connectivity index (χ1n) is 26.7. The summed E-state index contributed by atoms with van der Waals surface area (Å²) in [5.74, 6) is 3.10. The standard InChI is InChI=1S/C19H29O4P.C16H24O4.C16H22O4.C7H18O4P2.Na.H/c1-14-15(2)18(22-13-16-9-7-6-8-10-16)19(21-3)23-17(14)11-12-24(4,5)20;2*1-11-12(2)15(16(18-3)20-14(11)9-17)19-10-13-7-5-4-6-8-13;1-5-10-13(9,11-6-2)7-12(3,4)8;;/h6-12,14-15,17-19H,13H2,1-5H3;4-8,11-12,14-17H,9-10H2,1-3H3;4-9,11-12,14-16H,10H2,1-3H3;5-7H2,1-4H3;;/q;;;;+1;-1/b12-11+;;;;;. The molecule has 3 fully saturated rings. The van der Waals surface area contributed by atoms with Crippen molar-refractivity contribution in [2.45, 2.75) is 131 Å². The normalized spacial score (nSPS) is 29.3. The van der Waals surface area contributed by atoms with Gasteiger partial charge < -0.3 is 72.1 Å². The van der Waals surface area contributed by atoms with Crippen LogP contribution in [0.4, 0.5) is 0 Å². The van der Waals surface area contributed by atoms with Crippen molar-refractivity contribution in [3.05, 3.63) is 120 Å². The topological polar surface area (TPSA) is 190 Å². The van der Waals surface area contributed by atoms with E-state index in [9.17, 15) is 23.6 Å². The van der Waals surface area contributed by atoms with Crippen molar-refractivity contribution in [3.63, 3.8) is 0 Å².